The average Bonchev–Trinajstić information content (AvgIpc) is 2.68. The van der Waals surface area contributed by atoms with Crippen LogP contribution in [-0.2, 0) is 9.59 Å². The fraction of sp³-hybridized carbons (Fsp3) is 0.333. The molecule has 148 valence electrons. The third kappa shape index (κ3) is 4.52. The van der Waals surface area contributed by atoms with Gasteiger partial charge >= 0.3 is 0 Å². The zero-order valence-electron chi connectivity index (χ0n) is 15.4. The lowest BCUT2D eigenvalue weighted by Crippen LogP contribution is -2.32. The highest BCUT2D eigenvalue weighted by molar-refractivity contribution is 5.94. The number of carbonyl (C=O) groups is 2. The van der Waals surface area contributed by atoms with E-state index < -0.39 is 29.3 Å². The summed E-state index contributed by atoms with van der Waals surface area (Å²) in [6.45, 7) is 1.94. The molecular weight excluding hydrogens is 369 g/mol. The van der Waals surface area contributed by atoms with Crippen molar-refractivity contribution in [3.05, 3.63) is 59.4 Å². The van der Waals surface area contributed by atoms with Gasteiger partial charge in [0, 0.05) is 17.5 Å². The van der Waals surface area contributed by atoms with Gasteiger partial charge in [-0.05, 0) is 62.4 Å². The predicted molar refractivity (Wildman–Crippen MR) is 100 cm³/mol. The number of hydrogen-bond acceptors (Lipinski definition) is 2. The first-order chi connectivity index (χ1) is 13.3. The van der Waals surface area contributed by atoms with Crippen molar-refractivity contribution >= 4 is 23.2 Å². The molecule has 0 heterocycles. The minimum Gasteiger partial charge on any atom is -0.326 e. The highest BCUT2D eigenvalue weighted by Gasteiger charge is 2.30. The van der Waals surface area contributed by atoms with E-state index in [4.69, 9.17) is 0 Å². The Labute approximate surface area is 161 Å². The average molecular weight is 390 g/mol. The van der Waals surface area contributed by atoms with Gasteiger partial charge < -0.3 is 10.6 Å². The largest absolute Gasteiger partial charge is 0.326 e. The quantitative estimate of drug-likeness (QED) is 0.737. The molecule has 7 heteroatoms. The summed E-state index contributed by atoms with van der Waals surface area (Å²) in [6, 6.07) is 9.26. The fourth-order valence-corrected chi connectivity index (χ4v) is 3.44. The van der Waals surface area contributed by atoms with Crippen LogP contribution in [0.2, 0.25) is 0 Å². The number of halogens is 3. The topological polar surface area (TPSA) is 58.2 Å². The third-order valence-electron chi connectivity index (χ3n) is 5.05. The summed E-state index contributed by atoms with van der Waals surface area (Å²) in [4.78, 5) is 24.7. The molecule has 2 amide bonds. The van der Waals surface area contributed by atoms with Gasteiger partial charge in [0.1, 0.15) is 0 Å². The molecule has 2 N–H and O–H groups in total. The van der Waals surface area contributed by atoms with E-state index in [-0.39, 0.29) is 17.5 Å². The molecule has 1 saturated carbocycles. The molecule has 1 aliphatic rings. The molecule has 0 radical (unpaired) electrons. The Bertz CT molecular complexity index is 893. The molecule has 0 unspecified atom stereocenters. The fourth-order valence-electron chi connectivity index (χ4n) is 3.44. The number of anilines is 2. The Kier molecular flexibility index (Phi) is 6.02. The minimum atomic E-state index is -1.62. The Morgan fingerprint density at radius 3 is 2.07 bits per heavy atom. The van der Waals surface area contributed by atoms with Crippen LogP contribution in [-0.4, -0.2) is 11.8 Å². The Balaban J connectivity index is 1.54. The van der Waals surface area contributed by atoms with Crippen molar-refractivity contribution in [2.75, 3.05) is 10.6 Å². The van der Waals surface area contributed by atoms with E-state index >= 15 is 0 Å². The number of benzene rings is 2. The van der Waals surface area contributed by atoms with Crippen LogP contribution in [0.3, 0.4) is 0 Å². The molecular formula is C21H21F3N2O2. The molecule has 28 heavy (non-hydrogen) atoms. The lowest BCUT2D eigenvalue weighted by Gasteiger charge is -2.27. The van der Waals surface area contributed by atoms with Gasteiger partial charge in [0.05, 0.1) is 5.69 Å². The molecule has 2 aromatic rings. The van der Waals surface area contributed by atoms with E-state index in [1.54, 1.807) is 0 Å². The van der Waals surface area contributed by atoms with Gasteiger partial charge in [0.25, 0.3) is 0 Å². The Morgan fingerprint density at radius 1 is 0.857 bits per heavy atom. The SMILES string of the molecule is Cc1cccc(NC(=O)C2CCC(C(=O)Nc3ccc(F)c(F)c3F)CC2)c1. The summed E-state index contributed by atoms with van der Waals surface area (Å²) in [6.07, 6.45) is 1.97. The van der Waals surface area contributed by atoms with Crippen molar-refractivity contribution in [1.29, 1.82) is 0 Å². The van der Waals surface area contributed by atoms with Crippen LogP contribution in [0.1, 0.15) is 31.2 Å². The maximum atomic E-state index is 13.7. The molecule has 0 saturated heterocycles. The number of aryl methyl sites for hydroxylation is 1. The standard InChI is InChI=1S/C21H21F3N2O2/c1-12-3-2-4-15(11-12)25-20(27)13-5-7-14(8-6-13)21(28)26-17-10-9-16(22)18(23)19(17)24/h2-4,9-11,13-14H,5-8H2,1H3,(H,25,27)(H,26,28). The van der Waals surface area contributed by atoms with E-state index in [9.17, 15) is 22.8 Å². The van der Waals surface area contributed by atoms with Gasteiger partial charge in [-0.15, -0.1) is 0 Å². The summed E-state index contributed by atoms with van der Waals surface area (Å²) >= 11 is 0. The molecule has 0 spiro atoms. The summed E-state index contributed by atoms with van der Waals surface area (Å²) in [5, 5.41) is 5.21. The molecule has 0 aromatic heterocycles. The molecule has 1 aliphatic carbocycles. The van der Waals surface area contributed by atoms with Crippen LogP contribution in [0.15, 0.2) is 36.4 Å². The van der Waals surface area contributed by atoms with Gasteiger partial charge in [-0.3, -0.25) is 9.59 Å². The van der Waals surface area contributed by atoms with E-state index in [2.05, 4.69) is 10.6 Å². The monoisotopic (exact) mass is 390 g/mol. The second kappa shape index (κ2) is 8.46. The van der Waals surface area contributed by atoms with E-state index in [1.807, 2.05) is 31.2 Å². The molecule has 0 bridgehead atoms. The van der Waals surface area contributed by atoms with Crippen molar-refractivity contribution in [1.82, 2.24) is 0 Å². The van der Waals surface area contributed by atoms with Crippen molar-refractivity contribution < 1.29 is 22.8 Å². The summed E-state index contributed by atoms with van der Waals surface area (Å²) in [7, 11) is 0. The normalized spacial score (nSPS) is 19.1. The Morgan fingerprint density at radius 2 is 1.46 bits per heavy atom. The van der Waals surface area contributed by atoms with Gasteiger partial charge in [0.2, 0.25) is 11.8 Å². The predicted octanol–water partition coefficient (Wildman–Crippen LogP) is 4.80. The molecule has 1 fully saturated rings. The Hall–Kier alpha value is -2.83. The van der Waals surface area contributed by atoms with Crippen LogP contribution in [0.4, 0.5) is 24.5 Å². The van der Waals surface area contributed by atoms with E-state index in [1.165, 1.54) is 0 Å². The molecule has 2 aromatic carbocycles. The first-order valence-corrected chi connectivity index (χ1v) is 9.17. The number of rotatable bonds is 4. The van der Waals surface area contributed by atoms with Crippen LogP contribution >= 0.6 is 0 Å². The van der Waals surface area contributed by atoms with E-state index in [0.717, 1.165) is 23.4 Å². The van der Waals surface area contributed by atoms with Gasteiger partial charge in [-0.25, -0.2) is 13.2 Å². The lowest BCUT2D eigenvalue weighted by molar-refractivity contribution is -0.125. The van der Waals surface area contributed by atoms with Gasteiger partial charge in [-0.1, -0.05) is 12.1 Å². The van der Waals surface area contributed by atoms with Crippen molar-refractivity contribution in [2.24, 2.45) is 11.8 Å². The van der Waals surface area contributed by atoms with E-state index in [0.29, 0.717) is 25.7 Å². The van der Waals surface area contributed by atoms with Crippen molar-refractivity contribution in [3.8, 4) is 0 Å². The number of hydrogen-bond donors (Lipinski definition) is 2. The summed E-state index contributed by atoms with van der Waals surface area (Å²) < 4.78 is 40.0. The molecule has 4 nitrogen and oxygen atoms in total. The zero-order valence-corrected chi connectivity index (χ0v) is 15.4. The van der Waals surface area contributed by atoms with Crippen molar-refractivity contribution in [2.45, 2.75) is 32.6 Å². The second-order valence-corrected chi connectivity index (χ2v) is 7.12. The summed E-state index contributed by atoms with van der Waals surface area (Å²) in [5.74, 6) is -5.50. The summed E-state index contributed by atoms with van der Waals surface area (Å²) in [5.41, 5.74) is 1.39. The molecule has 0 atom stereocenters. The van der Waals surface area contributed by atoms with Crippen LogP contribution in [0.5, 0.6) is 0 Å². The maximum absolute atomic E-state index is 13.7. The van der Waals surface area contributed by atoms with Crippen LogP contribution in [0, 0.1) is 36.2 Å². The molecule has 0 aliphatic heterocycles. The number of nitrogens with one attached hydrogen (secondary N) is 2. The smallest absolute Gasteiger partial charge is 0.227 e. The van der Waals surface area contributed by atoms with Crippen LogP contribution < -0.4 is 10.6 Å². The number of carbonyl (C=O) groups excluding carboxylic acids is 2. The first kappa shape index (κ1) is 19.9. The highest BCUT2D eigenvalue weighted by atomic mass is 19.2. The zero-order chi connectivity index (χ0) is 20.3. The van der Waals surface area contributed by atoms with Crippen LogP contribution in [0.25, 0.3) is 0 Å². The number of amides is 2. The highest BCUT2D eigenvalue weighted by Crippen LogP contribution is 2.31. The van der Waals surface area contributed by atoms with Gasteiger partial charge in [-0.2, -0.15) is 0 Å². The van der Waals surface area contributed by atoms with Gasteiger partial charge in [0.15, 0.2) is 17.5 Å². The third-order valence-corrected chi connectivity index (χ3v) is 5.05. The lowest BCUT2D eigenvalue weighted by atomic mass is 9.81. The molecule has 3 rings (SSSR count). The minimum absolute atomic E-state index is 0.0869. The first-order valence-electron chi connectivity index (χ1n) is 9.17. The van der Waals surface area contributed by atoms with Crippen molar-refractivity contribution in [3.63, 3.8) is 0 Å². The maximum Gasteiger partial charge on any atom is 0.227 e. The second-order valence-electron chi connectivity index (χ2n) is 7.12.